The number of hydrogen-bond acceptors (Lipinski definition) is 0. The van der Waals surface area contributed by atoms with Gasteiger partial charge < -0.3 is 0 Å². The van der Waals surface area contributed by atoms with Gasteiger partial charge >= 0.3 is 0 Å². The van der Waals surface area contributed by atoms with E-state index >= 15 is 0 Å². The Morgan fingerprint density at radius 2 is 2.00 bits per heavy atom. The van der Waals surface area contributed by atoms with Crippen LogP contribution < -0.4 is 0 Å². The van der Waals surface area contributed by atoms with Gasteiger partial charge in [-0.05, 0) is 44.1 Å². The molecular formula is C13H16. The molecule has 0 saturated heterocycles. The molecule has 0 aromatic rings. The molecule has 0 fully saturated rings. The third-order valence-corrected chi connectivity index (χ3v) is 1.64. The molecule has 0 radical (unpaired) electrons. The lowest BCUT2D eigenvalue weighted by Crippen LogP contribution is -1.76. The molecule has 0 spiro atoms. The second kappa shape index (κ2) is 7.18. The summed E-state index contributed by atoms with van der Waals surface area (Å²) in [5.74, 6) is 0. The summed E-state index contributed by atoms with van der Waals surface area (Å²) in [6.45, 7) is 9.54. The number of rotatable bonds is 3. The molecule has 0 aromatic heterocycles. The Balaban J connectivity index is 4.59. The Morgan fingerprint density at radius 1 is 1.31 bits per heavy atom. The van der Waals surface area contributed by atoms with Crippen LogP contribution >= 0.6 is 0 Å². The Kier molecular flexibility index (Phi) is 6.37. The first-order chi connectivity index (χ1) is 6.26. The van der Waals surface area contributed by atoms with Crippen molar-refractivity contribution in [2.45, 2.75) is 20.8 Å². The summed E-state index contributed by atoms with van der Waals surface area (Å²) >= 11 is 0. The monoisotopic (exact) mass is 172 g/mol. The smallest absolute Gasteiger partial charge is 0.00285 e. The predicted octanol–water partition coefficient (Wildman–Crippen LogP) is 3.95. The van der Waals surface area contributed by atoms with E-state index < -0.39 is 0 Å². The highest BCUT2D eigenvalue weighted by Gasteiger charge is 1.89. The molecule has 0 N–H and O–H groups in total. The lowest BCUT2D eigenvalue weighted by Gasteiger charge is -1.95. The van der Waals surface area contributed by atoms with Crippen LogP contribution in [0.1, 0.15) is 20.8 Å². The van der Waals surface area contributed by atoms with E-state index in [9.17, 15) is 0 Å². The summed E-state index contributed by atoms with van der Waals surface area (Å²) < 4.78 is 0. The fraction of sp³-hybridized carbons (Fsp3) is 0.231. The zero-order chi connectivity index (χ0) is 10.1. The molecule has 0 rings (SSSR count). The van der Waals surface area contributed by atoms with Crippen molar-refractivity contribution >= 4 is 0 Å². The first-order valence-electron chi connectivity index (χ1n) is 4.33. The van der Waals surface area contributed by atoms with Crippen molar-refractivity contribution in [3.63, 3.8) is 0 Å². The quantitative estimate of drug-likeness (QED) is 0.446. The Morgan fingerprint density at radius 3 is 2.46 bits per heavy atom. The van der Waals surface area contributed by atoms with Gasteiger partial charge in [-0.3, -0.25) is 0 Å². The van der Waals surface area contributed by atoms with E-state index in [0.717, 1.165) is 11.1 Å². The highest BCUT2D eigenvalue weighted by Crippen LogP contribution is 2.08. The molecular weight excluding hydrogens is 156 g/mol. The highest BCUT2D eigenvalue weighted by molar-refractivity contribution is 5.38. The van der Waals surface area contributed by atoms with Crippen LogP contribution in [0.2, 0.25) is 0 Å². The summed E-state index contributed by atoms with van der Waals surface area (Å²) in [5, 5.41) is 0. The summed E-state index contributed by atoms with van der Waals surface area (Å²) in [4.78, 5) is 0. The fourth-order valence-corrected chi connectivity index (χ4v) is 0.843. The van der Waals surface area contributed by atoms with E-state index in [4.69, 9.17) is 0 Å². The van der Waals surface area contributed by atoms with Crippen molar-refractivity contribution in [1.29, 1.82) is 0 Å². The van der Waals surface area contributed by atoms with E-state index in [2.05, 4.69) is 18.0 Å². The highest BCUT2D eigenvalue weighted by atomic mass is 13.9. The van der Waals surface area contributed by atoms with Gasteiger partial charge in [0.1, 0.15) is 0 Å². The minimum Gasteiger partial charge on any atom is -0.125 e. The van der Waals surface area contributed by atoms with Crippen LogP contribution in [0.3, 0.4) is 0 Å². The molecule has 13 heavy (non-hydrogen) atoms. The van der Waals surface area contributed by atoms with E-state index in [1.807, 2.05) is 51.2 Å². The molecule has 0 heteroatoms. The summed E-state index contributed by atoms with van der Waals surface area (Å²) in [6, 6.07) is 0. The van der Waals surface area contributed by atoms with Crippen molar-refractivity contribution in [2.75, 3.05) is 0 Å². The van der Waals surface area contributed by atoms with E-state index in [-0.39, 0.29) is 0 Å². The standard InChI is InChI=1S/C13H16/c1-5-8-9-10-11-13(7-3)12(4)6-2/h5,7,9-11H,2H2,1,3-4H3. The van der Waals surface area contributed by atoms with E-state index in [1.54, 1.807) is 0 Å². The lowest BCUT2D eigenvalue weighted by atomic mass is 10.1. The van der Waals surface area contributed by atoms with Gasteiger partial charge in [0, 0.05) is 0 Å². The first kappa shape index (κ1) is 11.5. The molecule has 68 valence electrons. The molecule has 0 unspecified atom stereocenters. The van der Waals surface area contributed by atoms with Crippen LogP contribution in [-0.4, -0.2) is 0 Å². The SMILES string of the molecule is C=C=C(C)C(C=CC=C=CC)=CC. The number of hydrogen-bond donors (Lipinski definition) is 0. The minimum absolute atomic E-state index is 1.06. The average Bonchev–Trinajstić information content (AvgIpc) is 2.17. The molecule has 0 aliphatic rings. The molecule has 0 atom stereocenters. The molecule has 0 bridgehead atoms. The van der Waals surface area contributed by atoms with Crippen LogP contribution in [0.5, 0.6) is 0 Å². The zero-order valence-corrected chi connectivity index (χ0v) is 8.59. The van der Waals surface area contributed by atoms with Gasteiger partial charge in [0.05, 0.1) is 0 Å². The third-order valence-electron chi connectivity index (χ3n) is 1.64. The van der Waals surface area contributed by atoms with Crippen molar-refractivity contribution < 1.29 is 0 Å². The Hall–Kier alpha value is -1.48. The Labute approximate surface area is 81.0 Å². The largest absolute Gasteiger partial charge is 0.125 e. The number of allylic oxidation sites excluding steroid dienone is 6. The topological polar surface area (TPSA) is 0 Å². The predicted molar refractivity (Wildman–Crippen MR) is 59.6 cm³/mol. The summed E-state index contributed by atoms with van der Waals surface area (Å²) in [6.07, 6.45) is 9.75. The zero-order valence-electron chi connectivity index (χ0n) is 8.59. The van der Waals surface area contributed by atoms with E-state index in [0.29, 0.717) is 0 Å². The van der Waals surface area contributed by atoms with Crippen LogP contribution in [0.4, 0.5) is 0 Å². The molecule has 0 aliphatic carbocycles. The maximum atomic E-state index is 3.61. The second-order valence-corrected chi connectivity index (χ2v) is 2.53. The second-order valence-electron chi connectivity index (χ2n) is 2.53. The summed E-state index contributed by atoms with van der Waals surface area (Å²) in [7, 11) is 0. The van der Waals surface area contributed by atoms with Gasteiger partial charge in [-0.15, -0.1) is 11.5 Å². The van der Waals surface area contributed by atoms with Crippen molar-refractivity contribution in [3.05, 3.63) is 59.6 Å². The molecule has 0 heterocycles. The van der Waals surface area contributed by atoms with Crippen molar-refractivity contribution in [2.24, 2.45) is 0 Å². The first-order valence-corrected chi connectivity index (χ1v) is 4.33. The van der Waals surface area contributed by atoms with Crippen LogP contribution in [0, 0.1) is 0 Å². The van der Waals surface area contributed by atoms with Crippen LogP contribution in [0.25, 0.3) is 0 Å². The maximum Gasteiger partial charge on any atom is -0.00285 e. The van der Waals surface area contributed by atoms with Crippen molar-refractivity contribution in [1.82, 2.24) is 0 Å². The molecule has 0 aromatic carbocycles. The molecule has 0 nitrogen and oxygen atoms in total. The fourth-order valence-electron chi connectivity index (χ4n) is 0.843. The van der Waals surface area contributed by atoms with E-state index in [1.165, 1.54) is 0 Å². The molecule has 0 aliphatic heterocycles. The van der Waals surface area contributed by atoms with Gasteiger partial charge in [0.25, 0.3) is 0 Å². The Bertz CT molecular complexity index is 312. The summed E-state index contributed by atoms with van der Waals surface area (Å²) in [5.41, 5.74) is 8.04. The van der Waals surface area contributed by atoms with Gasteiger partial charge in [0.2, 0.25) is 0 Å². The van der Waals surface area contributed by atoms with Gasteiger partial charge in [-0.2, -0.15) is 0 Å². The molecule has 0 saturated carbocycles. The van der Waals surface area contributed by atoms with Crippen LogP contribution in [0.15, 0.2) is 59.6 Å². The normalized spacial score (nSPS) is 10.5. The third kappa shape index (κ3) is 4.87. The van der Waals surface area contributed by atoms with Crippen molar-refractivity contribution in [3.8, 4) is 0 Å². The lowest BCUT2D eigenvalue weighted by molar-refractivity contribution is 1.42. The van der Waals surface area contributed by atoms with Gasteiger partial charge in [-0.1, -0.05) is 24.8 Å². The van der Waals surface area contributed by atoms with Gasteiger partial charge in [0.15, 0.2) is 0 Å². The average molecular weight is 172 g/mol. The van der Waals surface area contributed by atoms with Gasteiger partial charge in [-0.25, -0.2) is 0 Å². The van der Waals surface area contributed by atoms with Crippen LogP contribution in [-0.2, 0) is 0 Å². The maximum absolute atomic E-state index is 3.61. The minimum atomic E-state index is 1.06. The molecule has 0 amide bonds.